The monoisotopic (exact) mass is 376 g/mol. The predicted octanol–water partition coefficient (Wildman–Crippen LogP) is 7.31. The summed E-state index contributed by atoms with van der Waals surface area (Å²) < 4.78 is 31.9. The molecule has 2 saturated carbocycles. The van der Waals surface area contributed by atoms with E-state index in [1.807, 2.05) is 0 Å². The quantitative estimate of drug-likeness (QED) is 0.453. The van der Waals surface area contributed by atoms with Crippen molar-refractivity contribution < 1.29 is 13.5 Å². The molecule has 2 aliphatic carbocycles. The van der Waals surface area contributed by atoms with Crippen molar-refractivity contribution in [1.82, 2.24) is 0 Å². The van der Waals surface area contributed by atoms with Crippen LogP contribution in [0, 0.1) is 35.3 Å². The minimum atomic E-state index is -0.837. The molecule has 0 heterocycles. The molecule has 0 bridgehead atoms. The maximum atomic E-state index is 13.3. The first-order valence-corrected chi connectivity index (χ1v) is 10.9. The zero-order valence-corrected chi connectivity index (χ0v) is 16.6. The van der Waals surface area contributed by atoms with Gasteiger partial charge < -0.3 is 4.74 Å². The second kappa shape index (κ2) is 10.2. The van der Waals surface area contributed by atoms with E-state index < -0.39 is 11.6 Å². The molecule has 3 heteroatoms. The third-order valence-electron chi connectivity index (χ3n) is 6.61. The maximum Gasteiger partial charge on any atom is 0.162 e. The number of unbranched alkanes of at least 4 members (excludes halogenated alkanes) is 1. The highest BCUT2D eigenvalue weighted by Gasteiger charge is 2.30. The van der Waals surface area contributed by atoms with Gasteiger partial charge in [-0.1, -0.05) is 25.5 Å². The van der Waals surface area contributed by atoms with Crippen LogP contribution in [0.5, 0.6) is 5.75 Å². The van der Waals surface area contributed by atoms with E-state index >= 15 is 0 Å². The molecular weight excluding hydrogens is 342 g/mol. The van der Waals surface area contributed by atoms with Crippen molar-refractivity contribution in [1.29, 1.82) is 0 Å². The third kappa shape index (κ3) is 6.05. The van der Waals surface area contributed by atoms with Crippen LogP contribution in [0.1, 0.15) is 71.1 Å². The van der Waals surface area contributed by atoms with Crippen LogP contribution in [-0.2, 0) is 0 Å². The number of hydrogen-bond donors (Lipinski definition) is 0. The molecule has 0 spiro atoms. The molecule has 0 unspecified atom stereocenters. The van der Waals surface area contributed by atoms with E-state index in [2.05, 4.69) is 19.1 Å². The van der Waals surface area contributed by atoms with Gasteiger partial charge >= 0.3 is 0 Å². The van der Waals surface area contributed by atoms with Gasteiger partial charge in [-0.05, 0) is 93.6 Å². The molecule has 0 atom stereocenters. The average molecular weight is 377 g/mol. The molecule has 1 aromatic rings. The Hall–Kier alpha value is -1.38. The van der Waals surface area contributed by atoms with Crippen molar-refractivity contribution in [3.8, 4) is 5.75 Å². The molecule has 2 fully saturated rings. The Morgan fingerprint density at radius 3 is 2.22 bits per heavy atom. The first-order chi connectivity index (χ1) is 13.2. The van der Waals surface area contributed by atoms with Crippen molar-refractivity contribution in [3.05, 3.63) is 42.0 Å². The summed E-state index contributed by atoms with van der Waals surface area (Å²) in [6, 6.07) is 3.79. The fourth-order valence-corrected chi connectivity index (χ4v) is 4.87. The number of benzene rings is 1. The lowest BCUT2D eigenvalue weighted by Crippen LogP contribution is -2.27. The molecule has 0 amide bonds. The van der Waals surface area contributed by atoms with Gasteiger partial charge in [0, 0.05) is 6.07 Å². The molecule has 0 radical (unpaired) electrons. The highest BCUT2D eigenvalue weighted by atomic mass is 19.2. The first kappa shape index (κ1) is 20.4. The van der Waals surface area contributed by atoms with Gasteiger partial charge in [0.25, 0.3) is 0 Å². The van der Waals surface area contributed by atoms with Gasteiger partial charge in [0.1, 0.15) is 5.75 Å². The third-order valence-corrected chi connectivity index (χ3v) is 6.61. The Bertz CT molecular complexity index is 596. The molecule has 150 valence electrons. The van der Waals surface area contributed by atoms with Crippen LogP contribution in [0.15, 0.2) is 30.4 Å². The van der Waals surface area contributed by atoms with Crippen LogP contribution in [0.2, 0.25) is 0 Å². The second-order valence-corrected chi connectivity index (χ2v) is 8.56. The van der Waals surface area contributed by atoms with Crippen molar-refractivity contribution >= 4 is 0 Å². The molecule has 0 saturated heterocycles. The first-order valence-electron chi connectivity index (χ1n) is 10.9. The molecule has 1 nitrogen and oxygen atoms in total. The van der Waals surface area contributed by atoms with Gasteiger partial charge in [0.2, 0.25) is 0 Å². The topological polar surface area (TPSA) is 9.23 Å². The molecular formula is C24H34F2O. The summed E-state index contributed by atoms with van der Waals surface area (Å²) in [6.07, 6.45) is 17.8. The summed E-state index contributed by atoms with van der Waals surface area (Å²) in [5.41, 5.74) is 0. The van der Waals surface area contributed by atoms with E-state index in [4.69, 9.17) is 4.74 Å². The molecule has 0 aromatic heterocycles. The number of ether oxygens (including phenoxy) is 1. The summed E-state index contributed by atoms with van der Waals surface area (Å²) in [5.74, 6) is 1.93. The number of halogens is 2. The molecule has 2 aliphatic rings. The lowest BCUT2D eigenvalue weighted by atomic mass is 9.69. The van der Waals surface area contributed by atoms with Gasteiger partial charge in [0.05, 0.1) is 6.61 Å². The van der Waals surface area contributed by atoms with Gasteiger partial charge in [0.15, 0.2) is 11.6 Å². The minimum absolute atomic E-state index is 0.436. The summed E-state index contributed by atoms with van der Waals surface area (Å²) in [5, 5.41) is 0. The fourth-order valence-electron chi connectivity index (χ4n) is 4.87. The number of hydrogen-bond acceptors (Lipinski definition) is 1. The Labute approximate surface area is 163 Å². The van der Waals surface area contributed by atoms with Gasteiger partial charge in [-0.2, -0.15) is 0 Å². The van der Waals surface area contributed by atoms with Crippen molar-refractivity contribution in [2.75, 3.05) is 6.61 Å². The van der Waals surface area contributed by atoms with Crippen LogP contribution in [0.25, 0.3) is 0 Å². The summed E-state index contributed by atoms with van der Waals surface area (Å²) in [4.78, 5) is 0. The van der Waals surface area contributed by atoms with E-state index in [1.165, 1.54) is 70.3 Å². The highest BCUT2D eigenvalue weighted by Crippen LogP contribution is 2.41. The Balaban J connectivity index is 1.36. The molecule has 0 N–H and O–H groups in total. The van der Waals surface area contributed by atoms with Crippen LogP contribution in [0.3, 0.4) is 0 Å². The van der Waals surface area contributed by atoms with E-state index in [-0.39, 0.29) is 0 Å². The van der Waals surface area contributed by atoms with E-state index in [0.29, 0.717) is 18.3 Å². The van der Waals surface area contributed by atoms with E-state index in [9.17, 15) is 8.78 Å². The zero-order chi connectivity index (χ0) is 19.1. The normalized spacial score (nSPS) is 29.1. The van der Waals surface area contributed by atoms with Crippen LogP contribution in [-0.4, -0.2) is 6.61 Å². The largest absolute Gasteiger partial charge is 0.493 e. The average Bonchev–Trinajstić information content (AvgIpc) is 2.70. The van der Waals surface area contributed by atoms with E-state index in [0.717, 1.165) is 29.9 Å². The van der Waals surface area contributed by atoms with Crippen molar-refractivity contribution in [3.63, 3.8) is 0 Å². The smallest absolute Gasteiger partial charge is 0.162 e. The van der Waals surface area contributed by atoms with Crippen molar-refractivity contribution in [2.24, 2.45) is 23.7 Å². The van der Waals surface area contributed by atoms with Gasteiger partial charge in [-0.25, -0.2) is 8.78 Å². The number of rotatable bonds is 7. The van der Waals surface area contributed by atoms with E-state index in [1.54, 1.807) is 0 Å². The maximum absolute atomic E-state index is 13.3. The summed E-state index contributed by atoms with van der Waals surface area (Å²) in [7, 11) is 0. The molecule has 3 rings (SSSR count). The Morgan fingerprint density at radius 2 is 1.59 bits per heavy atom. The lowest BCUT2D eigenvalue weighted by molar-refractivity contribution is 0.129. The van der Waals surface area contributed by atoms with Crippen molar-refractivity contribution in [2.45, 2.75) is 71.1 Å². The van der Waals surface area contributed by atoms with Crippen LogP contribution in [0.4, 0.5) is 8.78 Å². The van der Waals surface area contributed by atoms with Gasteiger partial charge in [-0.3, -0.25) is 0 Å². The zero-order valence-electron chi connectivity index (χ0n) is 16.6. The SMILES string of the molecule is CCC/C=C/[C@H]1CC[C@H](C2CCC(COc3ccc(F)c(F)c3)CC2)CC1. The standard InChI is InChI=1S/C24H34F2O/c1-2-3-4-5-18-6-10-20(11-7-18)21-12-8-19(9-13-21)17-27-22-14-15-23(25)24(26)16-22/h4-5,14-16,18-21H,2-3,6-13,17H2,1H3/b5-4+/t18-,19?,20-,21?. The summed E-state index contributed by atoms with van der Waals surface area (Å²) >= 11 is 0. The highest BCUT2D eigenvalue weighted by molar-refractivity contribution is 5.23. The fraction of sp³-hybridized carbons (Fsp3) is 0.667. The van der Waals surface area contributed by atoms with Gasteiger partial charge in [-0.15, -0.1) is 0 Å². The van der Waals surface area contributed by atoms with Crippen LogP contribution < -0.4 is 4.74 Å². The Morgan fingerprint density at radius 1 is 0.926 bits per heavy atom. The predicted molar refractivity (Wildman–Crippen MR) is 107 cm³/mol. The summed E-state index contributed by atoms with van der Waals surface area (Å²) in [6.45, 7) is 2.85. The van der Waals surface area contributed by atoms with Crippen LogP contribution >= 0.6 is 0 Å². The molecule has 27 heavy (non-hydrogen) atoms. The molecule has 1 aromatic carbocycles. The second-order valence-electron chi connectivity index (χ2n) is 8.56. The number of allylic oxidation sites excluding steroid dienone is 2. The minimum Gasteiger partial charge on any atom is -0.493 e. The lowest BCUT2D eigenvalue weighted by Gasteiger charge is -2.37. The Kier molecular flexibility index (Phi) is 7.72. The molecule has 0 aliphatic heterocycles.